The Morgan fingerprint density at radius 2 is 2.07 bits per heavy atom. The number of aryl methyl sites for hydroxylation is 1. The molecule has 1 aliphatic carbocycles. The van der Waals surface area contributed by atoms with Crippen LogP contribution in [0.15, 0.2) is 65.5 Å². The fraction of sp³-hybridized carbons (Fsp3) is 0.364. The molecular weight excluding hydrogens is 338 g/mol. The second-order valence-electron chi connectivity index (χ2n) is 7.31. The third kappa shape index (κ3) is 4.30. The average molecular weight is 363 g/mol. The summed E-state index contributed by atoms with van der Waals surface area (Å²) in [4.78, 5) is 19.6. The summed E-state index contributed by atoms with van der Waals surface area (Å²) in [6.07, 6.45) is 8.80. The summed E-state index contributed by atoms with van der Waals surface area (Å²) in [6, 6.07) is 14.5. The van der Waals surface area contributed by atoms with Gasteiger partial charge in [-0.3, -0.25) is 4.79 Å². The van der Waals surface area contributed by atoms with E-state index in [1.165, 1.54) is 5.56 Å². The van der Waals surface area contributed by atoms with Gasteiger partial charge in [-0.1, -0.05) is 30.3 Å². The molecule has 2 heterocycles. The molecule has 0 aliphatic heterocycles. The zero-order valence-corrected chi connectivity index (χ0v) is 15.6. The number of carbonyl (C=O) groups is 1. The minimum Gasteiger partial charge on any atom is -0.469 e. The molecule has 0 bridgehead atoms. The molecule has 1 amide bonds. The molecule has 3 aromatic rings. The smallest absolute Gasteiger partial charge is 0.223 e. The van der Waals surface area contributed by atoms with Crippen LogP contribution in [0.4, 0.5) is 0 Å². The fourth-order valence-corrected chi connectivity index (χ4v) is 3.53. The minimum atomic E-state index is 0.0394. The zero-order valence-electron chi connectivity index (χ0n) is 15.6. The predicted octanol–water partition coefficient (Wildman–Crippen LogP) is 3.92. The lowest BCUT2D eigenvalue weighted by molar-refractivity contribution is -0.133. The standard InChI is InChI=1S/C22H25N3O2/c1-24-12-11-23-21(24)16-25(19-9-10-19)22(26)15-18(20-8-5-13-27-20)14-17-6-3-2-4-7-17/h2-8,11-13,18-19H,9-10,14-16H2,1H3/t18-/m1/s1. The van der Waals surface area contributed by atoms with E-state index in [4.69, 9.17) is 4.42 Å². The molecule has 5 heteroatoms. The number of hydrogen-bond acceptors (Lipinski definition) is 3. The molecule has 2 aromatic heterocycles. The number of benzene rings is 1. The van der Waals surface area contributed by atoms with Crippen LogP contribution in [-0.4, -0.2) is 26.4 Å². The predicted molar refractivity (Wildman–Crippen MR) is 103 cm³/mol. The van der Waals surface area contributed by atoms with Gasteiger partial charge in [-0.15, -0.1) is 0 Å². The number of furan rings is 1. The summed E-state index contributed by atoms with van der Waals surface area (Å²) >= 11 is 0. The van der Waals surface area contributed by atoms with Crippen molar-refractivity contribution in [1.29, 1.82) is 0 Å². The van der Waals surface area contributed by atoms with E-state index in [9.17, 15) is 4.79 Å². The Balaban J connectivity index is 1.50. The maximum Gasteiger partial charge on any atom is 0.223 e. The number of hydrogen-bond donors (Lipinski definition) is 0. The van der Waals surface area contributed by atoms with Crippen molar-refractivity contribution in [3.63, 3.8) is 0 Å². The molecule has 140 valence electrons. The van der Waals surface area contributed by atoms with Gasteiger partial charge in [-0.2, -0.15) is 0 Å². The van der Waals surface area contributed by atoms with Crippen LogP contribution in [0.2, 0.25) is 0 Å². The van der Waals surface area contributed by atoms with Crippen LogP contribution < -0.4 is 0 Å². The van der Waals surface area contributed by atoms with E-state index in [0.717, 1.165) is 30.8 Å². The minimum absolute atomic E-state index is 0.0394. The van der Waals surface area contributed by atoms with Crippen molar-refractivity contribution in [2.45, 2.75) is 44.2 Å². The van der Waals surface area contributed by atoms with Gasteiger partial charge < -0.3 is 13.9 Å². The molecule has 1 atom stereocenters. The first-order valence-corrected chi connectivity index (χ1v) is 9.53. The Kier molecular flexibility index (Phi) is 5.10. The van der Waals surface area contributed by atoms with Gasteiger partial charge in [0, 0.05) is 37.8 Å². The second kappa shape index (κ2) is 7.82. The molecule has 0 saturated heterocycles. The number of aromatic nitrogens is 2. The van der Waals surface area contributed by atoms with Gasteiger partial charge in [0.2, 0.25) is 5.91 Å². The molecule has 0 unspecified atom stereocenters. The molecule has 27 heavy (non-hydrogen) atoms. The first-order chi connectivity index (χ1) is 13.2. The second-order valence-corrected chi connectivity index (χ2v) is 7.31. The van der Waals surface area contributed by atoms with Gasteiger partial charge in [0.05, 0.1) is 12.8 Å². The van der Waals surface area contributed by atoms with Crippen molar-refractivity contribution in [3.8, 4) is 0 Å². The van der Waals surface area contributed by atoms with Crippen LogP contribution in [0.25, 0.3) is 0 Å². The van der Waals surface area contributed by atoms with Crippen molar-refractivity contribution in [2.75, 3.05) is 0 Å². The maximum atomic E-state index is 13.2. The quantitative estimate of drug-likeness (QED) is 0.609. The summed E-state index contributed by atoms with van der Waals surface area (Å²) in [5.74, 6) is 2.02. The maximum absolute atomic E-state index is 13.2. The third-order valence-electron chi connectivity index (χ3n) is 5.23. The van der Waals surface area contributed by atoms with Gasteiger partial charge in [0.1, 0.15) is 11.6 Å². The van der Waals surface area contributed by atoms with E-state index in [1.807, 2.05) is 53.0 Å². The first-order valence-electron chi connectivity index (χ1n) is 9.53. The summed E-state index contributed by atoms with van der Waals surface area (Å²) in [6.45, 7) is 0.573. The highest BCUT2D eigenvalue weighted by molar-refractivity contribution is 5.77. The molecule has 0 radical (unpaired) electrons. The number of carbonyl (C=O) groups excluding carboxylic acids is 1. The summed E-state index contributed by atoms with van der Waals surface area (Å²) < 4.78 is 7.65. The van der Waals surface area contributed by atoms with E-state index in [0.29, 0.717) is 19.0 Å². The van der Waals surface area contributed by atoms with Gasteiger partial charge in [0.25, 0.3) is 0 Å². The average Bonchev–Trinajstić information content (AvgIpc) is 3.20. The first kappa shape index (κ1) is 17.6. The van der Waals surface area contributed by atoms with Crippen LogP contribution in [0.1, 0.15) is 42.3 Å². The van der Waals surface area contributed by atoms with Crippen LogP contribution in [-0.2, 0) is 24.8 Å². The molecule has 4 rings (SSSR count). The summed E-state index contributed by atoms with van der Waals surface area (Å²) in [7, 11) is 1.97. The zero-order chi connectivity index (χ0) is 18.6. The van der Waals surface area contributed by atoms with Crippen LogP contribution >= 0.6 is 0 Å². The van der Waals surface area contributed by atoms with E-state index < -0.39 is 0 Å². The van der Waals surface area contributed by atoms with E-state index >= 15 is 0 Å². The number of rotatable bonds is 8. The van der Waals surface area contributed by atoms with Crippen LogP contribution in [0, 0.1) is 0 Å². The number of amides is 1. The van der Waals surface area contributed by atoms with Crippen molar-refractivity contribution >= 4 is 5.91 Å². The van der Waals surface area contributed by atoms with Crippen molar-refractivity contribution < 1.29 is 9.21 Å². The third-order valence-corrected chi connectivity index (χ3v) is 5.23. The lowest BCUT2D eigenvalue weighted by Crippen LogP contribution is -2.34. The molecule has 1 fully saturated rings. The van der Waals surface area contributed by atoms with E-state index in [2.05, 4.69) is 17.1 Å². The Hall–Kier alpha value is -2.82. The lowest BCUT2D eigenvalue weighted by Gasteiger charge is -2.24. The Labute approximate surface area is 159 Å². The molecule has 0 N–H and O–H groups in total. The van der Waals surface area contributed by atoms with Crippen molar-refractivity contribution in [1.82, 2.24) is 14.5 Å². The normalized spacial score (nSPS) is 14.9. The molecule has 1 aliphatic rings. The molecule has 5 nitrogen and oxygen atoms in total. The van der Waals surface area contributed by atoms with Crippen molar-refractivity contribution in [3.05, 3.63) is 78.3 Å². The van der Waals surface area contributed by atoms with Crippen LogP contribution in [0.5, 0.6) is 0 Å². The van der Waals surface area contributed by atoms with Gasteiger partial charge in [-0.25, -0.2) is 4.98 Å². The SMILES string of the molecule is Cn1ccnc1CN(C(=O)C[C@@H](Cc1ccccc1)c1ccco1)C1CC1. The number of nitrogens with zero attached hydrogens (tertiary/aromatic N) is 3. The van der Waals surface area contributed by atoms with E-state index in [1.54, 1.807) is 12.5 Å². The van der Waals surface area contributed by atoms with Gasteiger partial charge >= 0.3 is 0 Å². The fourth-order valence-electron chi connectivity index (χ4n) is 3.53. The number of imidazole rings is 1. The lowest BCUT2D eigenvalue weighted by atomic mass is 9.93. The molecular formula is C22H25N3O2. The molecule has 1 aromatic carbocycles. The monoisotopic (exact) mass is 363 g/mol. The van der Waals surface area contributed by atoms with Crippen LogP contribution in [0.3, 0.4) is 0 Å². The highest BCUT2D eigenvalue weighted by atomic mass is 16.3. The Morgan fingerprint density at radius 1 is 1.26 bits per heavy atom. The summed E-state index contributed by atoms with van der Waals surface area (Å²) in [5, 5.41) is 0. The topological polar surface area (TPSA) is 51.3 Å². The van der Waals surface area contributed by atoms with E-state index in [-0.39, 0.29) is 11.8 Å². The van der Waals surface area contributed by atoms with Gasteiger partial charge in [0.15, 0.2) is 0 Å². The Morgan fingerprint density at radius 3 is 2.70 bits per heavy atom. The Bertz CT molecular complexity index is 866. The molecule has 0 spiro atoms. The largest absolute Gasteiger partial charge is 0.469 e. The summed E-state index contributed by atoms with van der Waals surface area (Å²) in [5.41, 5.74) is 1.22. The highest BCUT2D eigenvalue weighted by Crippen LogP contribution is 2.32. The molecule has 1 saturated carbocycles. The van der Waals surface area contributed by atoms with Crippen molar-refractivity contribution in [2.24, 2.45) is 7.05 Å². The van der Waals surface area contributed by atoms with Gasteiger partial charge in [-0.05, 0) is 37.0 Å². The highest BCUT2D eigenvalue weighted by Gasteiger charge is 2.34.